The van der Waals surface area contributed by atoms with Crippen LogP contribution in [0, 0.1) is 0 Å². The first-order valence-electron chi connectivity index (χ1n) is 11.7. The van der Waals surface area contributed by atoms with Crippen molar-refractivity contribution in [3.8, 4) is 17.2 Å². The molecule has 2 aromatic heterocycles. The lowest BCUT2D eigenvalue weighted by Crippen LogP contribution is -2.39. The maximum Gasteiger partial charge on any atom is 0.302 e. The van der Waals surface area contributed by atoms with Crippen LogP contribution in [-0.2, 0) is 14.9 Å². The van der Waals surface area contributed by atoms with Crippen molar-refractivity contribution in [3.63, 3.8) is 0 Å². The van der Waals surface area contributed by atoms with E-state index in [0.717, 1.165) is 19.3 Å². The molecule has 0 amide bonds. The molecule has 37 heavy (non-hydrogen) atoms. The number of imidazole rings is 1. The average Bonchev–Trinajstić information content (AvgIpc) is 3.27. The molecule has 13 heteroatoms. The van der Waals surface area contributed by atoms with E-state index in [4.69, 9.17) is 9.47 Å². The number of fused-ring (bicyclic) bond motifs is 1. The highest BCUT2D eigenvalue weighted by atomic mass is 32.2. The van der Waals surface area contributed by atoms with Crippen molar-refractivity contribution >= 4 is 38.9 Å². The van der Waals surface area contributed by atoms with E-state index in [2.05, 4.69) is 36.1 Å². The Morgan fingerprint density at radius 3 is 2.76 bits per heavy atom. The van der Waals surface area contributed by atoms with Gasteiger partial charge in [-0.05, 0) is 37.6 Å². The van der Waals surface area contributed by atoms with Crippen LogP contribution in [0.5, 0.6) is 11.5 Å². The molecule has 1 fully saturated rings. The van der Waals surface area contributed by atoms with Gasteiger partial charge in [-0.2, -0.15) is 12.7 Å². The molecule has 12 nitrogen and oxygen atoms in total. The third kappa shape index (κ3) is 4.81. The number of aromatic nitrogens is 4. The SMILES string of the molecule is CCOC1=NC(c2nc3ncc(NS(=O)(=O)N4CCCCC4)nc3n2-c2c(O)cccc2OC)=C=C=C1. The van der Waals surface area contributed by atoms with Gasteiger partial charge in [0.05, 0.1) is 26.0 Å². The molecule has 0 saturated carbocycles. The molecular formula is C24H25N7O5S. The number of rotatable bonds is 7. The second kappa shape index (κ2) is 10.1. The summed E-state index contributed by atoms with van der Waals surface area (Å²) >= 11 is 0. The Bertz CT molecular complexity index is 1590. The van der Waals surface area contributed by atoms with Gasteiger partial charge in [-0.3, -0.25) is 9.29 Å². The van der Waals surface area contributed by atoms with E-state index < -0.39 is 10.2 Å². The van der Waals surface area contributed by atoms with E-state index in [-0.39, 0.29) is 40.1 Å². The number of hydrogen-bond acceptors (Lipinski definition) is 9. The number of methoxy groups -OCH3 is 1. The van der Waals surface area contributed by atoms with Crippen molar-refractivity contribution in [3.05, 3.63) is 47.8 Å². The number of aromatic hydroxyl groups is 1. The van der Waals surface area contributed by atoms with Gasteiger partial charge >= 0.3 is 10.2 Å². The quantitative estimate of drug-likeness (QED) is 0.450. The van der Waals surface area contributed by atoms with E-state index in [1.807, 2.05) is 6.92 Å². The van der Waals surface area contributed by atoms with E-state index in [0.29, 0.717) is 31.3 Å². The first-order chi connectivity index (χ1) is 17.9. The number of benzene rings is 1. The van der Waals surface area contributed by atoms with Crippen LogP contribution in [0.4, 0.5) is 5.82 Å². The minimum atomic E-state index is -3.82. The van der Waals surface area contributed by atoms with Crippen LogP contribution in [0.3, 0.4) is 0 Å². The number of nitrogens with zero attached hydrogens (tertiary/aromatic N) is 6. The van der Waals surface area contributed by atoms with Crippen LogP contribution in [0.15, 0.2) is 46.9 Å². The molecule has 0 unspecified atom stereocenters. The molecule has 2 aliphatic heterocycles. The fourth-order valence-electron chi connectivity index (χ4n) is 4.14. The number of aliphatic imine (C=N–C) groups is 1. The highest BCUT2D eigenvalue weighted by molar-refractivity contribution is 7.90. The molecule has 1 saturated heterocycles. The Labute approximate surface area is 213 Å². The standard InChI is InChI=1S/C24H25N7O5S/c1-3-36-20-12-7-9-16(26-20)23-28-22-24(31(23)21-17(32)10-8-11-18(21)35-2)27-19(15-25-22)29-37(33,34)30-13-5-4-6-14-30/h8,10-12,15,32H,3-6,13-14H2,1-2H3,(H,27,29). The van der Waals surface area contributed by atoms with Gasteiger partial charge in [-0.15, -0.1) is 0 Å². The Hall–Kier alpha value is -4.15. The third-order valence-electron chi connectivity index (χ3n) is 5.79. The number of ether oxygens (including phenoxy) is 2. The zero-order valence-electron chi connectivity index (χ0n) is 20.3. The largest absolute Gasteiger partial charge is 0.506 e. The van der Waals surface area contributed by atoms with Crippen LogP contribution in [-0.4, -0.2) is 70.1 Å². The molecule has 192 valence electrons. The minimum absolute atomic E-state index is 0.00623. The number of phenols is 1. The summed E-state index contributed by atoms with van der Waals surface area (Å²) in [6.45, 7) is 3.12. The number of anilines is 1. The molecule has 0 bridgehead atoms. The number of piperidine rings is 1. The Kier molecular flexibility index (Phi) is 6.68. The van der Waals surface area contributed by atoms with Gasteiger partial charge in [0.15, 0.2) is 28.6 Å². The summed E-state index contributed by atoms with van der Waals surface area (Å²) in [6.07, 6.45) is 5.44. The van der Waals surface area contributed by atoms with Crippen molar-refractivity contribution in [2.75, 3.05) is 31.5 Å². The van der Waals surface area contributed by atoms with Crippen molar-refractivity contribution in [2.24, 2.45) is 4.99 Å². The molecule has 5 rings (SSSR count). The topological polar surface area (TPSA) is 144 Å². The maximum absolute atomic E-state index is 13.0. The molecule has 0 atom stereocenters. The fourth-order valence-corrected chi connectivity index (χ4v) is 5.37. The summed E-state index contributed by atoms with van der Waals surface area (Å²) in [6, 6.07) is 4.79. The van der Waals surface area contributed by atoms with E-state index in [1.54, 1.807) is 18.2 Å². The lowest BCUT2D eigenvalue weighted by molar-refractivity contribution is 0.330. The normalized spacial score (nSPS) is 15.9. The van der Waals surface area contributed by atoms with Gasteiger partial charge in [-0.25, -0.2) is 19.9 Å². The monoisotopic (exact) mass is 523 g/mol. The van der Waals surface area contributed by atoms with Crippen LogP contribution in [0.25, 0.3) is 22.7 Å². The number of hydrogen-bond donors (Lipinski definition) is 2. The molecule has 0 spiro atoms. The molecule has 3 aromatic rings. The minimum Gasteiger partial charge on any atom is -0.506 e. The summed E-state index contributed by atoms with van der Waals surface area (Å²) in [7, 11) is -2.36. The maximum atomic E-state index is 13.0. The van der Waals surface area contributed by atoms with Gasteiger partial charge < -0.3 is 14.6 Å². The third-order valence-corrected chi connectivity index (χ3v) is 7.30. The molecule has 4 heterocycles. The van der Waals surface area contributed by atoms with Gasteiger partial charge in [0.25, 0.3) is 0 Å². The molecular weight excluding hydrogens is 498 g/mol. The molecule has 0 radical (unpaired) electrons. The highest BCUT2D eigenvalue weighted by Crippen LogP contribution is 2.36. The lowest BCUT2D eigenvalue weighted by atomic mass is 10.2. The zero-order valence-corrected chi connectivity index (χ0v) is 21.1. The van der Waals surface area contributed by atoms with Gasteiger partial charge in [0.2, 0.25) is 5.90 Å². The van der Waals surface area contributed by atoms with E-state index >= 15 is 0 Å². The molecule has 1 aromatic carbocycles. The smallest absolute Gasteiger partial charge is 0.302 e. The Morgan fingerprint density at radius 1 is 1.19 bits per heavy atom. The van der Waals surface area contributed by atoms with Crippen molar-refractivity contribution in [2.45, 2.75) is 26.2 Å². The predicted octanol–water partition coefficient (Wildman–Crippen LogP) is 2.77. The van der Waals surface area contributed by atoms with Crippen LogP contribution in [0.1, 0.15) is 32.0 Å². The second-order valence-electron chi connectivity index (χ2n) is 8.21. The van der Waals surface area contributed by atoms with Gasteiger partial charge in [0.1, 0.15) is 17.2 Å². The van der Waals surface area contributed by atoms with Crippen molar-refractivity contribution < 1.29 is 23.0 Å². The fraction of sp³-hybridized carbons (Fsp3) is 0.333. The lowest BCUT2D eigenvalue weighted by Gasteiger charge is -2.25. The summed E-state index contributed by atoms with van der Waals surface area (Å²) in [5, 5.41) is 10.8. The summed E-state index contributed by atoms with van der Waals surface area (Å²) in [5.74, 6) is 0.753. The van der Waals surface area contributed by atoms with E-state index in [1.165, 1.54) is 28.2 Å². The number of nitrogens with one attached hydrogen (secondary N) is 1. The van der Waals surface area contributed by atoms with Crippen LogP contribution in [0.2, 0.25) is 0 Å². The second-order valence-corrected chi connectivity index (χ2v) is 9.88. The van der Waals surface area contributed by atoms with Crippen molar-refractivity contribution in [1.29, 1.82) is 0 Å². The van der Waals surface area contributed by atoms with Gasteiger partial charge in [0, 0.05) is 13.1 Å². The number of para-hydroxylation sites is 1. The summed E-state index contributed by atoms with van der Waals surface area (Å²) in [4.78, 5) is 17.9. The van der Waals surface area contributed by atoms with Crippen LogP contribution >= 0.6 is 0 Å². The van der Waals surface area contributed by atoms with Gasteiger partial charge in [-0.1, -0.05) is 18.2 Å². The average molecular weight is 524 g/mol. The van der Waals surface area contributed by atoms with Crippen molar-refractivity contribution in [1.82, 2.24) is 23.8 Å². The Morgan fingerprint density at radius 2 is 2.00 bits per heavy atom. The predicted molar refractivity (Wildman–Crippen MR) is 137 cm³/mol. The number of phenolic OH excluding ortho intramolecular Hbond substituents is 1. The molecule has 0 aliphatic carbocycles. The van der Waals surface area contributed by atoms with E-state index in [9.17, 15) is 13.5 Å². The molecule has 2 aliphatic rings. The molecule has 2 N–H and O–H groups in total. The highest BCUT2D eigenvalue weighted by Gasteiger charge is 2.27. The summed E-state index contributed by atoms with van der Waals surface area (Å²) < 4.78 is 42.3. The van der Waals surface area contributed by atoms with Crippen LogP contribution < -0.4 is 9.46 Å². The Balaban J connectivity index is 1.69. The zero-order chi connectivity index (χ0) is 26.0. The first-order valence-corrected chi connectivity index (χ1v) is 13.2. The first kappa shape index (κ1) is 24.5. The summed E-state index contributed by atoms with van der Waals surface area (Å²) in [5.41, 5.74) is 6.62.